The molecule has 4 nitrogen and oxygen atoms in total. The second-order valence-corrected chi connectivity index (χ2v) is 6.29. The fraction of sp³-hybridized carbons (Fsp3) is 0.714. The molecular formula is C14H22F2N4. The second-order valence-electron chi connectivity index (χ2n) is 6.29. The maximum absolute atomic E-state index is 14.2. The summed E-state index contributed by atoms with van der Waals surface area (Å²) in [6.45, 7) is 6.63. The Hall–Kier alpha value is -1.30. The molecule has 1 atom stereocenters. The van der Waals surface area contributed by atoms with E-state index in [1.165, 1.54) is 0 Å². The Morgan fingerprint density at radius 2 is 2.00 bits per heavy atom. The molecule has 2 heterocycles. The Morgan fingerprint density at radius 3 is 2.55 bits per heavy atom. The van der Waals surface area contributed by atoms with Gasteiger partial charge in [0, 0.05) is 30.4 Å². The zero-order chi connectivity index (χ0) is 14.8. The molecule has 0 radical (unpaired) electrons. The summed E-state index contributed by atoms with van der Waals surface area (Å²) in [5.74, 6) is -2.96. The third-order valence-electron chi connectivity index (χ3n) is 3.77. The monoisotopic (exact) mass is 284 g/mol. The van der Waals surface area contributed by atoms with Crippen molar-refractivity contribution >= 4 is 5.95 Å². The van der Waals surface area contributed by atoms with E-state index in [1.54, 1.807) is 18.5 Å². The summed E-state index contributed by atoms with van der Waals surface area (Å²) < 4.78 is 28.5. The van der Waals surface area contributed by atoms with Crippen LogP contribution in [-0.4, -0.2) is 46.0 Å². The Labute approximate surface area is 118 Å². The van der Waals surface area contributed by atoms with Crippen LogP contribution in [0.2, 0.25) is 0 Å². The van der Waals surface area contributed by atoms with Crippen LogP contribution in [0.3, 0.4) is 0 Å². The van der Waals surface area contributed by atoms with Crippen LogP contribution in [0.15, 0.2) is 18.5 Å². The van der Waals surface area contributed by atoms with Crippen LogP contribution in [0.4, 0.5) is 14.7 Å². The van der Waals surface area contributed by atoms with E-state index < -0.39 is 11.8 Å². The van der Waals surface area contributed by atoms with Gasteiger partial charge in [-0.15, -0.1) is 0 Å². The van der Waals surface area contributed by atoms with E-state index in [0.29, 0.717) is 18.9 Å². The summed E-state index contributed by atoms with van der Waals surface area (Å²) in [5, 5.41) is 2.90. The van der Waals surface area contributed by atoms with Gasteiger partial charge in [-0.2, -0.15) is 0 Å². The van der Waals surface area contributed by atoms with Crippen LogP contribution in [-0.2, 0) is 0 Å². The number of hydrogen-bond acceptors (Lipinski definition) is 4. The van der Waals surface area contributed by atoms with Crippen LogP contribution in [0.5, 0.6) is 0 Å². The predicted octanol–water partition coefficient (Wildman–Crippen LogP) is 2.64. The Kier molecular flexibility index (Phi) is 4.22. The van der Waals surface area contributed by atoms with Gasteiger partial charge in [-0.3, -0.25) is 4.90 Å². The van der Waals surface area contributed by atoms with E-state index in [0.717, 1.165) is 0 Å². The molecule has 0 aliphatic carbocycles. The van der Waals surface area contributed by atoms with E-state index in [1.807, 2.05) is 25.7 Å². The predicted molar refractivity (Wildman–Crippen MR) is 74.9 cm³/mol. The number of aromatic nitrogens is 2. The van der Waals surface area contributed by atoms with Crippen molar-refractivity contribution in [3.05, 3.63) is 18.5 Å². The molecule has 1 N–H and O–H groups in total. The van der Waals surface area contributed by atoms with Crippen LogP contribution < -0.4 is 5.32 Å². The molecule has 1 aromatic rings. The topological polar surface area (TPSA) is 41.0 Å². The number of hydrogen-bond donors (Lipinski definition) is 1. The van der Waals surface area contributed by atoms with Crippen molar-refractivity contribution in [3.63, 3.8) is 0 Å². The van der Waals surface area contributed by atoms with Gasteiger partial charge in [0.25, 0.3) is 5.92 Å². The highest BCUT2D eigenvalue weighted by Crippen LogP contribution is 2.35. The molecule has 2 rings (SSSR count). The van der Waals surface area contributed by atoms with E-state index in [4.69, 9.17) is 0 Å². The highest BCUT2D eigenvalue weighted by atomic mass is 19.3. The number of rotatable bonds is 3. The first-order valence-electron chi connectivity index (χ1n) is 6.93. The lowest BCUT2D eigenvalue weighted by Crippen LogP contribution is -2.56. The van der Waals surface area contributed by atoms with Gasteiger partial charge in [-0.05, 0) is 39.8 Å². The average Bonchev–Trinajstić information content (AvgIpc) is 2.36. The lowest BCUT2D eigenvalue weighted by Gasteiger charge is -2.44. The largest absolute Gasteiger partial charge is 0.354 e. The molecule has 0 unspecified atom stereocenters. The quantitative estimate of drug-likeness (QED) is 0.926. The third kappa shape index (κ3) is 3.62. The molecular weight excluding hydrogens is 262 g/mol. The molecule has 0 spiro atoms. The molecule has 1 aliphatic heterocycles. The summed E-state index contributed by atoms with van der Waals surface area (Å²) in [5.41, 5.74) is -0.218. The van der Waals surface area contributed by atoms with Gasteiger partial charge in [0.1, 0.15) is 0 Å². The minimum Gasteiger partial charge on any atom is -0.354 e. The molecule has 0 aromatic carbocycles. The summed E-state index contributed by atoms with van der Waals surface area (Å²) in [7, 11) is 0. The highest BCUT2D eigenvalue weighted by Gasteiger charge is 2.46. The van der Waals surface area contributed by atoms with Gasteiger partial charge in [0.05, 0.1) is 6.54 Å². The van der Waals surface area contributed by atoms with Crippen molar-refractivity contribution in [2.45, 2.75) is 38.7 Å². The number of piperidine rings is 1. The molecule has 1 aliphatic rings. The minimum absolute atomic E-state index is 0.182. The number of anilines is 1. The Balaban J connectivity index is 1.94. The maximum Gasteiger partial charge on any atom is 0.265 e. The molecule has 0 saturated carbocycles. The summed E-state index contributed by atoms with van der Waals surface area (Å²) >= 11 is 0. The highest BCUT2D eigenvalue weighted by molar-refractivity contribution is 5.22. The zero-order valence-electron chi connectivity index (χ0n) is 12.2. The van der Waals surface area contributed by atoms with Crippen molar-refractivity contribution in [1.82, 2.24) is 14.9 Å². The van der Waals surface area contributed by atoms with Gasteiger partial charge in [0.2, 0.25) is 5.95 Å². The maximum atomic E-state index is 14.2. The van der Waals surface area contributed by atoms with E-state index in [2.05, 4.69) is 15.3 Å². The zero-order valence-corrected chi connectivity index (χ0v) is 12.2. The Bertz CT molecular complexity index is 431. The van der Waals surface area contributed by atoms with Gasteiger partial charge < -0.3 is 5.32 Å². The average molecular weight is 284 g/mol. The number of nitrogens with zero attached hydrogens (tertiary/aromatic N) is 3. The molecule has 20 heavy (non-hydrogen) atoms. The van der Waals surface area contributed by atoms with Crippen LogP contribution >= 0.6 is 0 Å². The van der Waals surface area contributed by atoms with Crippen molar-refractivity contribution < 1.29 is 8.78 Å². The molecule has 6 heteroatoms. The first-order valence-corrected chi connectivity index (χ1v) is 6.93. The molecule has 0 amide bonds. The van der Waals surface area contributed by atoms with Crippen molar-refractivity contribution in [2.24, 2.45) is 5.92 Å². The molecule has 1 fully saturated rings. The lowest BCUT2D eigenvalue weighted by molar-refractivity contribution is -0.124. The van der Waals surface area contributed by atoms with Crippen molar-refractivity contribution in [2.75, 3.05) is 25.0 Å². The Morgan fingerprint density at radius 1 is 1.35 bits per heavy atom. The van der Waals surface area contributed by atoms with Crippen LogP contribution in [0.25, 0.3) is 0 Å². The first-order chi connectivity index (χ1) is 9.29. The normalized spacial score (nSPS) is 23.6. The van der Waals surface area contributed by atoms with E-state index in [9.17, 15) is 8.78 Å². The fourth-order valence-corrected chi connectivity index (χ4v) is 2.41. The van der Waals surface area contributed by atoms with Gasteiger partial charge >= 0.3 is 0 Å². The lowest BCUT2D eigenvalue weighted by atomic mass is 9.89. The summed E-state index contributed by atoms with van der Waals surface area (Å²) in [4.78, 5) is 9.82. The standard InChI is InChI=1S/C14H22F2N4/c1-13(2,3)20-8-5-11(14(15,16)10-20)9-19-12-17-6-4-7-18-12/h4,6-7,11H,5,8-10H2,1-3H3,(H,17,18,19)/t11-/m1/s1. The third-order valence-corrected chi connectivity index (χ3v) is 3.77. The molecule has 0 bridgehead atoms. The van der Waals surface area contributed by atoms with Crippen molar-refractivity contribution in [1.29, 1.82) is 0 Å². The van der Waals surface area contributed by atoms with Gasteiger partial charge in [-0.25, -0.2) is 18.7 Å². The van der Waals surface area contributed by atoms with E-state index in [-0.39, 0.29) is 18.6 Å². The van der Waals surface area contributed by atoms with E-state index >= 15 is 0 Å². The number of halogens is 2. The number of likely N-dealkylation sites (tertiary alicyclic amines) is 1. The number of alkyl halides is 2. The second kappa shape index (κ2) is 5.60. The minimum atomic E-state index is -2.69. The SMILES string of the molecule is CC(C)(C)N1CC[C@H](CNc2ncccn2)C(F)(F)C1. The number of nitrogens with one attached hydrogen (secondary N) is 1. The first kappa shape index (κ1) is 15.1. The molecule has 1 aromatic heterocycles. The van der Waals surface area contributed by atoms with Gasteiger partial charge in [-0.1, -0.05) is 0 Å². The molecule has 1 saturated heterocycles. The molecule has 112 valence electrons. The smallest absolute Gasteiger partial charge is 0.265 e. The summed E-state index contributed by atoms with van der Waals surface area (Å²) in [6.07, 6.45) is 3.66. The fourth-order valence-electron chi connectivity index (χ4n) is 2.41. The van der Waals surface area contributed by atoms with Crippen molar-refractivity contribution in [3.8, 4) is 0 Å². The van der Waals surface area contributed by atoms with Gasteiger partial charge in [0.15, 0.2) is 0 Å². The van der Waals surface area contributed by atoms with Crippen LogP contribution in [0.1, 0.15) is 27.2 Å². The van der Waals surface area contributed by atoms with Crippen LogP contribution in [0, 0.1) is 5.92 Å². The summed E-state index contributed by atoms with van der Waals surface area (Å²) in [6, 6.07) is 1.70.